The summed E-state index contributed by atoms with van der Waals surface area (Å²) in [6.45, 7) is 0.176. The van der Waals surface area contributed by atoms with Crippen LogP contribution in [0.2, 0.25) is 5.02 Å². The molecule has 2 aromatic rings. The molecule has 29 heavy (non-hydrogen) atoms. The van der Waals surface area contributed by atoms with Gasteiger partial charge < -0.3 is 10.1 Å². The number of sulfonamides is 1. The van der Waals surface area contributed by atoms with E-state index in [2.05, 4.69) is 10.1 Å². The second-order valence-electron chi connectivity index (χ2n) is 6.83. The number of carbonyl (C=O) groups excluding carboxylic acids is 1. The zero-order valence-electron chi connectivity index (χ0n) is 14.6. The lowest BCUT2D eigenvalue weighted by atomic mass is 10.2. The standard InChI is InChI=1S/C18H14ClF3N2O4S/c19-12-1-5-14(6-2-12)24-10-11-9-17(11,29(24,26)27)16(25)23-13-3-7-15(8-4-13)28-18(20,21)22/h1-8,11H,9-10H2,(H,23,25)/t11-,17+/m1/s1. The second-order valence-corrected chi connectivity index (χ2v) is 9.39. The van der Waals surface area contributed by atoms with Crippen LogP contribution in [0, 0.1) is 5.92 Å². The number of alkyl halides is 3. The molecule has 1 heterocycles. The van der Waals surface area contributed by atoms with Crippen LogP contribution >= 0.6 is 11.6 Å². The lowest BCUT2D eigenvalue weighted by Gasteiger charge is -2.23. The molecule has 154 valence electrons. The van der Waals surface area contributed by atoms with Crippen LogP contribution in [0.5, 0.6) is 5.75 Å². The van der Waals surface area contributed by atoms with Gasteiger partial charge in [-0.05, 0) is 55.0 Å². The van der Waals surface area contributed by atoms with Crippen molar-refractivity contribution in [2.75, 3.05) is 16.2 Å². The highest BCUT2D eigenvalue weighted by molar-refractivity contribution is 7.95. The number of nitrogens with one attached hydrogen (secondary N) is 1. The van der Waals surface area contributed by atoms with Gasteiger partial charge in [-0.1, -0.05) is 11.6 Å². The van der Waals surface area contributed by atoms with E-state index in [0.717, 1.165) is 12.1 Å². The van der Waals surface area contributed by atoms with E-state index in [4.69, 9.17) is 11.6 Å². The molecular weight excluding hydrogens is 433 g/mol. The Morgan fingerprint density at radius 2 is 1.76 bits per heavy atom. The van der Waals surface area contributed by atoms with Crippen LogP contribution in [0.15, 0.2) is 48.5 Å². The van der Waals surface area contributed by atoms with Crippen molar-refractivity contribution < 1.29 is 31.1 Å². The first-order valence-electron chi connectivity index (χ1n) is 8.48. The van der Waals surface area contributed by atoms with E-state index in [1.54, 1.807) is 24.3 Å². The predicted octanol–water partition coefficient (Wildman–Crippen LogP) is 3.79. The first kappa shape index (κ1) is 19.8. The fraction of sp³-hybridized carbons (Fsp3) is 0.278. The summed E-state index contributed by atoms with van der Waals surface area (Å²) >= 11 is 5.84. The van der Waals surface area contributed by atoms with E-state index in [-0.39, 0.29) is 24.6 Å². The number of fused-ring (bicyclic) bond motifs is 1. The fourth-order valence-corrected chi connectivity index (χ4v) is 6.04. The molecule has 0 unspecified atom stereocenters. The molecule has 0 bridgehead atoms. The molecule has 0 aromatic heterocycles. The van der Waals surface area contributed by atoms with Crippen LogP contribution < -0.4 is 14.4 Å². The molecule has 4 rings (SSSR count). The third kappa shape index (κ3) is 3.40. The summed E-state index contributed by atoms with van der Waals surface area (Å²) in [5.41, 5.74) is 0.590. The van der Waals surface area contributed by atoms with Crippen molar-refractivity contribution in [3.05, 3.63) is 53.6 Å². The van der Waals surface area contributed by atoms with Crippen LogP contribution in [0.1, 0.15) is 6.42 Å². The first-order valence-corrected chi connectivity index (χ1v) is 10.3. The van der Waals surface area contributed by atoms with Gasteiger partial charge in [0.15, 0.2) is 4.75 Å². The van der Waals surface area contributed by atoms with E-state index in [1.807, 2.05) is 0 Å². The van der Waals surface area contributed by atoms with Crippen molar-refractivity contribution >= 4 is 38.9 Å². The maximum atomic E-state index is 13.1. The van der Waals surface area contributed by atoms with Crippen LogP contribution in [0.4, 0.5) is 24.5 Å². The van der Waals surface area contributed by atoms with Gasteiger partial charge in [0.2, 0.25) is 15.9 Å². The maximum absolute atomic E-state index is 13.1. The monoisotopic (exact) mass is 446 g/mol. The van der Waals surface area contributed by atoms with Gasteiger partial charge in [-0.3, -0.25) is 9.10 Å². The van der Waals surface area contributed by atoms with Gasteiger partial charge in [0.05, 0.1) is 5.69 Å². The number of anilines is 2. The molecule has 1 aliphatic carbocycles. The molecule has 2 aromatic carbocycles. The van der Waals surface area contributed by atoms with Gasteiger partial charge in [-0.2, -0.15) is 0 Å². The molecule has 0 radical (unpaired) electrons. The Bertz CT molecular complexity index is 1060. The third-order valence-electron chi connectivity index (χ3n) is 5.03. The molecule has 6 nitrogen and oxygen atoms in total. The summed E-state index contributed by atoms with van der Waals surface area (Å²) < 4.78 is 66.2. The highest BCUT2D eigenvalue weighted by Crippen LogP contribution is 2.58. The summed E-state index contributed by atoms with van der Waals surface area (Å²) in [5.74, 6) is -1.51. The lowest BCUT2D eigenvalue weighted by molar-refractivity contribution is -0.274. The van der Waals surface area contributed by atoms with Crippen LogP contribution in [-0.2, 0) is 14.8 Å². The number of benzene rings is 2. The number of halogens is 4. The van der Waals surface area contributed by atoms with Gasteiger partial charge in [-0.25, -0.2) is 8.42 Å². The Labute approximate surface area is 169 Å². The summed E-state index contributed by atoms with van der Waals surface area (Å²) in [6.07, 6.45) is -4.63. The average Bonchev–Trinajstić information content (AvgIpc) is 3.32. The van der Waals surface area contributed by atoms with E-state index >= 15 is 0 Å². The van der Waals surface area contributed by atoms with Crippen molar-refractivity contribution in [1.82, 2.24) is 0 Å². The van der Waals surface area contributed by atoms with E-state index in [1.165, 1.54) is 16.4 Å². The molecular formula is C18H14ClF3N2O4S. The smallest absolute Gasteiger partial charge is 0.406 e. The van der Waals surface area contributed by atoms with Crippen LogP contribution in [0.25, 0.3) is 0 Å². The van der Waals surface area contributed by atoms with E-state index < -0.39 is 32.8 Å². The fourth-order valence-electron chi connectivity index (χ4n) is 3.55. The summed E-state index contributed by atoms with van der Waals surface area (Å²) in [6, 6.07) is 10.8. The van der Waals surface area contributed by atoms with Crippen LogP contribution in [0.3, 0.4) is 0 Å². The van der Waals surface area contributed by atoms with Gasteiger partial charge >= 0.3 is 6.36 Å². The van der Waals surface area contributed by atoms with Gasteiger partial charge in [0, 0.05) is 23.2 Å². The molecule has 2 fully saturated rings. The molecule has 11 heteroatoms. The number of ether oxygens (including phenoxy) is 1. The zero-order chi connectivity index (χ0) is 21.0. The molecule has 1 N–H and O–H groups in total. The molecule has 0 spiro atoms. The van der Waals surface area contributed by atoms with Crippen molar-refractivity contribution in [3.8, 4) is 5.75 Å². The molecule has 2 atom stereocenters. The van der Waals surface area contributed by atoms with Gasteiger partial charge in [0.1, 0.15) is 5.75 Å². The van der Waals surface area contributed by atoms with E-state index in [9.17, 15) is 26.4 Å². The number of amides is 1. The number of hydrogen-bond acceptors (Lipinski definition) is 4. The lowest BCUT2D eigenvalue weighted by Crippen LogP contribution is -2.42. The molecule has 2 aliphatic rings. The maximum Gasteiger partial charge on any atom is 0.573 e. The van der Waals surface area contributed by atoms with Crippen molar-refractivity contribution in [2.24, 2.45) is 5.92 Å². The minimum Gasteiger partial charge on any atom is -0.406 e. The van der Waals surface area contributed by atoms with Gasteiger partial charge in [0.25, 0.3) is 0 Å². The number of hydrogen-bond donors (Lipinski definition) is 1. The Kier molecular flexibility index (Phi) is 4.47. The van der Waals surface area contributed by atoms with Crippen molar-refractivity contribution in [2.45, 2.75) is 17.5 Å². The Balaban J connectivity index is 1.51. The largest absolute Gasteiger partial charge is 0.573 e. The highest BCUT2D eigenvalue weighted by Gasteiger charge is 2.75. The first-order chi connectivity index (χ1) is 13.5. The van der Waals surface area contributed by atoms with Crippen molar-refractivity contribution in [3.63, 3.8) is 0 Å². The van der Waals surface area contributed by atoms with E-state index in [0.29, 0.717) is 10.7 Å². The minimum absolute atomic E-state index is 0.171. The zero-order valence-corrected chi connectivity index (χ0v) is 16.2. The molecule has 1 saturated carbocycles. The SMILES string of the molecule is O=C(Nc1ccc(OC(F)(F)F)cc1)[C@]12C[C@@H]1CN(c1ccc(Cl)cc1)S2(=O)=O. The van der Waals surface area contributed by atoms with Crippen LogP contribution in [-0.4, -0.2) is 32.0 Å². The number of rotatable bonds is 4. The predicted molar refractivity (Wildman–Crippen MR) is 100 cm³/mol. The minimum atomic E-state index is -4.83. The highest BCUT2D eigenvalue weighted by atomic mass is 35.5. The summed E-state index contributed by atoms with van der Waals surface area (Å²) in [4.78, 5) is 12.8. The van der Waals surface area contributed by atoms with Crippen molar-refractivity contribution in [1.29, 1.82) is 0 Å². The Hall–Kier alpha value is -2.46. The molecule has 1 saturated heterocycles. The Morgan fingerprint density at radius 1 is 1.14 bits per heavy atom. The topological polar surface area (TPSA) is 75.7 Å². The summed E-state index contributed by atoms with van der Waals surface area (Å²) in [5, 5.41) is 2.95. The normalized spacial score (nSPS) is 24.7. The molecule has 1 amide bonds. The third-order valence-corrected chi connectivity index (χ3v) is 7.83. The van der Waals surface area contributed by atoms with Gasteiger partial charge in [-0.15, -0.1) is 13.2 Å². The average molecular weight is 447 g/mol. The second kappa shape index (κ2) is 6.53. The molecule has 1 aliphatic heterocycles. The summed E-state index contributed by atoms with van der Waals surface area (Å²) in [7, 11) is -3.97. The Morgan fingerprint density at radius 3 is 2.34 bits per heavy atom. The number of nitrogens with zero attached hydrogens (tertiary/aromatic N) is 1. The number of carbonyl (C=O) groups is 1. The quantitative estimate of drug-likeness (QED) is 0.775.